The minimum absolute atomic E-state index is 0.145. The molecule has 1 rings (SSSR count). The summed E-state index contributed by atoms with van der Waals surface area (Å²) >= 11 is 0. The molecule has 0 fully saturated rings. The Kier molecular flexibility index (Phi) is 2.78. The lowest BCUT2D eigenvalue weighted by atomic mass is 10.4. The highest BCUT2D eigenvalue weighted by Gasteiger charge is 2.09. The van der Waals surface area contributed by atoms with Crippen molar-refractivity contribution in [1.29, 1.82) is 0 Å². The molecule has 5 nitrogen and oxygen atoms in total. The van der Waals surface area contributed by atoms with Gasteiger partial charge in [-0.2, -0.15) is 0 Å². The Morgan fingerprint density at radius 2 is 2.00 bits per heavy atom. The molecule has 0 bridgehead atoms. The Morgan fingerprint density at radius 1 is 1.43 bits per heavy atom. The second-order valence-electron chi connectivity index (χ2n) is 3.40. The normalized spacial score (nSPS) is 10.9. The highest BCUT2D eigenvalue weighted by molar-refractivity contribution is 5.26. The van der Waals surface area contributed by atoms with E-state index in [0.717, 1.165) is 0 Å². The minimum atomic E-state index is -0.341. The number of nitrogen functional groups attached to an aromatic ring is 1. The zero-order valence-corrected chi connectivity index (χ0v) is 8.65. The van der Waals surface area contributed by atoms with Crippen molar-refractivity contribution in [2.45, 2.75) is 33.4 Å². The van der Waals surface area contributed by atoms with Crippen molar-refractivity contribution in [2.24, 2.45) is 0 Å². The largest absolute Gasteiger partial charge is 0.385 e. The molecule has 0 aliphatic carbocycles. The molecule has 0 aliphatic rings. The fraction of sp³-hybridized carbons (Fsp3) is 0.556. The third-order valence-electron chi connectivity index (χ3n) is 2.09. The fourth-order valence-corrected chi connectivity index (χ4v) is 1.40. The molecule has 0 saturated heterocycles. The maximum atomic E-state index is 11.7. The zero-order valence-electron chi connectivity index (χ0n) is 8.65. The molecule has 1 aromatic rings. The van der Waals surface area contributed by atoms with Crippen molar-refractivity contribution in [3.8, 4) is 0 Å². The van der Waals surface area contributed by atoms with E-state index >= 15 is 0 Å². The number of hydrogen-bond donors (Lipinski definition) is 1. The molecule has 0 amide bonds. The van der Waals surface area contributed by atoms with Crippen molar-refractivity contribution >= 4 is 5.82 Å². The number of rotatable bonds is 2. The van der Waals surface area contributed by atoms with E-state index in [1.165, 1.54) is 15.2 Å². The van der Waals surface area contributed by atoms with Crippen molar-refractivity contribution < 1.29 is 0 Å². The molecule has 0 saturated carbocycles. The summed E-state index contributed by atoms with van der Waals surface area (Å²) in [4.78, 5) is 23.2. The molecule has 14 heavy (non-hydrogen) atoms. The highest BCUT2D eigenvalue weighted by Crippen LogP contribution is 1.98. The molecule has 0 radical (unpaired) electrons. The van der Waals surface area contributed by atoms with Crippen LogP contribution in [0.2, 0.25) is 0 Å². The monoisotopic (exact) mass is 197 g/mol. The lowest BCUT2D eigenvalue weighted by Crippen LogP contribution is -2.41. The summed E-state index contributed by atoms with van der Waals surface area (Å²) < 4.78 is 2.57. The molecule has 1 heterocycles. The van der Waals surface area contributed by atoms with Crippen molar-refractivity contribution in [1.82, 2.24) is 9.13 Å². The van der Waals surface area contributed by atoms with Gasteiger partial charge in [-0.15, -0.1) is 0 Å². The molecule has 0 unspecified atom stereocenters. The third-order valence-corrected chi connectivity index (χ3v) is 2.09. The lowest BCUT2D eigenvalue weighted by molar-refractivity contribution is 0.512. The van der Waals surface area contributed by atoms with Crippen LogP contribution in [-0.2, 0) is 6.54 Å². The van der Waals surface area contributed by atoms with Gasteiger partial charge in [0, 0.05) is 18.7 Å². The fourth-order valence-electron chi connectivity index (χ4n) is 1.40. The first-order valence-electron chi connectivity index (χ1n) is 4.60. The van der Waals surface area contributed by atoms with E-state index in [0.29, 0.717) is 6.54 Å². The Morgan fingerprint density at radius 3 is 2.43 bits per heavy atom. The van der Waals surface area contributed by atoms with E-state index in [1.807, 2.05) is 6.92 Å². The summed E-state index contributed by atoms with van der Waals surface area (Å²) in [6, 6.07) is 1.14. The number of hydrogen-bond acceptors (Lipinski definition) is 3. The van der Waals surface area contributed by atoms with Gasteiger partial charge in [-0.3, -0.25) is 13.9 Å². The molecule has 78 valence electrons. The zero-order chi connectivity index (χ0) is 10.9. The van der Waals surface area contributed by atoms with Crippen LogP contribution in [0.25, 0.3) is 0 Å². The highest BCUT2D eigenvalue weighted by atomic mass is 16.2. The van der Waals surface area contributed by atoms with Gasteiger partial charge in [0.05, 0.1) is 0 Å². The molecule has 0 aromatic carbocycles. The Bertz CT molecular complexity index is 442. The minimum Gasteiger partial charge on any atom is -0.385 e. The van der Waals surface area contributed by atoms with E-state index in [-0.39, 0.29) is 23.1 Å². The molecule has 1 aromatic heterocycles. The van der Waals surface area contributed by atoms with Crippen LogP contribution in [0, 0.1) is 0 Å². The van der Waals surface area contributed by atoms with Crippen LogP contribution in [0.4, 0.5) is 5.82 Å². The summed E-state index contributed by atoms with van der Waals surface area (Å²) in [6.07, 6.45) is 0. The van der Waals surface area contributed by atoms with E-state index in [4.69, 9.17) is 5.73 Å². The number of nitrogens with two attached hydrogens (primary N) is 1. The number of anilines is 1. The predicted molar refractivity (Wildman–Crippen MR) is 55.4 cm³/mol. The van der Waals surface area contributed by atoms with Crippen molar-refractivity contribution in [3.63, 3.8) is 0 Å². The topological polar surface area (TPSA) is 70.0 Å². The van der Waals surface area contributed by atoms with Crippen molar-refractivity contribution in [2.75, 3.05) is 5.73 Å². The van der Waals surface area contributed by atoms with Crippen LogP contribution in [0.5, 0.6) is 0 Å². The van der Waals surface area contributed by atoms with Gasteiger partial charge in [-0.1, -0.05) is 0 Å². The Labute approximate surface area is 81.8 Å². The summed E-state index contributed by atoms with van der Waals surface area (Å²) in [5, 5.41) is 0. The molecule has 0 spiro atoms. The molecular formula is C9H15N3O2. The first-order chi connectivity index (χ1) is 6.49. The molecular weight excluding hydrogens is 182 g/mol. The standard InChI is InChI=1S/C9H15N3O2/c1-4-11-7(10)5-8(13)12(6(2)3)9(11)14/h5-6H,4,10H2,1-3H3. The molecule has 0 aliphatic heterocycles. The maximum Gasteiger partial charge on any atom is 0.332 e. The van der Waals surface area contributed by atoms with E-state index in [9.17, 15) is 9.59 Å². The van der Waals surface area contributed by atoms with Gasteiger partial charge >= 0.3 is 5.69 Å². The van der Waals surface area contributed by atoms with Gasteiger partial charge in [-0.25, -0.2) is 4.79 Å². The SMILES string of the molecule is CCn1c(N)cc(=O)n(C(C)C)c1=O. The van der Waals surface area contributed by atoms with Crippen LogP contribution in [0.15, 0.2) is 15.7 Å². The first-order valence-corrected chi connectivity index (χ1v) is 4.60. The average Bonchev–Trinajstić information content (AvgIpc) is 2.02. The maximum absolute atomic E-state index is 11.7. The van der Waals surface area contributed by atoms with E-state index in [2.05, 4.69) is 0 Å². The van der Waals surface area contributed by atoms with Crippen LogP contribution < -0.4 is 17.0 Å². The van der Waals surface area contributed by atoms with Gasteiger partial charge in [0.1, 0.15) is 5.82 Å². The first kappa shape index (κ1) is 10.6. The van der Waals surface area contributed by atoms with E-state index in [1.54, 1.807) is 13.8 Å². The average molecular weight is 197 g/mol. The van der Waals surface area contributed by atoms with Gasteiger partial charge in [0.25, 0.3) is 5.56 Å². The van der Waals surface area contributed by atoms with Gasteiger partial charge in [0.2, 0.25) is 0 Å². The van der Waals surface area contributed by atoms with Crippen LogP contribution >= 0.6 is 0 Å². The Hall–Kier alpha value is -1.52. The molecule has 5 heteroatoms. The summed E-state index contributed by atoms with van der Waals surface area (Å²) in [5.74, 6) is 0.222. The van der Waals surface area contributed by atoms with Crippen molar-refractivity contribution in [3.05, 3.63) is 26.9 Å². The molecule has 2 N–H and O–H groups in total. The summed E-state index contributed by atoms with van der Waals surface area (Å²) in [6.45, 7) is 5.86. The Balaban J connectivity index is 3.61. The second-order valence-corrected chi connectivity index (χ2v) is 3.40. The summed E-state index contributed by atoms with van der Waals surface area (Å²) in [5.41, 5.74) is 4.87. The van der Waals surface area contributed by atoms with Gasteiger partial charge in [0.15, 0.2) is 0 Å². The van der Waals surface area contributed by atoms with Gasteiger partial charge < -0.3 is 5.73 Å². The molecule has 0 atom stereocenters. The predicted octanol–water partition coefficient (Wildman–Crippen LogP) is 0.193. The van der Waals surface area contributed by atoms with Crippen LogP contribution in [0.1, 0.15) is 26.8 Å². The van der Waals surface area contributed by atoms with Gasteiger partial charge in [-0.05, 0) is 20.8 Å². The van der Waals surface area contributed by atoms with Crippen LogP contribution in [0.3, 0.4) is 0 Å². The second kappa shape index (κ2) is 3.69. The number of nitrogens with zero attached hydrogens (tertiary/aromatic N) is 2. The third kappa shape index (κ3) is 1.57. The van der Waals surface area contributed by atoms with E-state index < -0.39 is 0 Å². The quantitative estimate of drug-likeness (QED) is 0.736. The summed E-state index contributed by atoms with van der Waals surface area (Å²) in [7, 11) is 0. The lowest BCUT2D eigenvalue weighted by Gasteiger charge is -2.13. The number of aromatic nitrogens is 2. The smallest absolute Gasteiger partial charge is 0.332 e. The van der Waals surface area contributed by atoms with Crippen LogP contribution in [-0.4, -0.2) is 9.13 Å².